The van der Waals surface area contributed by atoms with Gasteiger partial charge in [-0.15, -0.1) is 0 Å². The molecule has 22 heteroatoms. The first-order chi connectivity index (χ1) is 34.6. The summed E-state index contributed by atoms with van der Waals surface area (Å²) in [6.07, 6.45) is -19.4. The molecule has 0 aliphatic carbocycles. The second kappa shape index (κ2) is 30.3. The van der Waals surface area contributed by atoms with Crippen molar-refractivity contribution in [3.05, 3.63) is 35.9 Å². The molecule has 0 amide bonds. The van der Waals surface area contributed by atoms with Gasteiger partial charge < -0.3 is 109 Å². The number of rotatable bonds is 30. The summed E-state index contributed by atoms with van der Waals surface area (Å²) in [7, 11) is 0. The van der Waals surface area contributed by atoms with E-state index >= 15 is 0 Å². The van der Waals surface area contributed by atoms with E-state index in [1.54, 1.807) is 0 Å². The van der Waals surface area contributed by atoms with Gasteiger partial charge in [0.05, 0.1) is 39.6 Å². The van der Waals surface area contributed by atoms with Crippen LogP contribution in [0.3, 0.4) is 0 Å². The van der Waals surface area contributed by atoms with Gasteiger partial charge in [-0.25, -0.2) is 0 Å². The van der Waals surface area contributed by atoms with Crippen LogP contribution >= 0.6 is 0 Å². The lowest BCUT2D eigenvalue weighted by Gasteiger charge is -2.46. The summed E-state index contributed by atoms with van der Waals surface area (Å²) in [4.78, 5) is 0. The Bertz CT molecular complexity index is 1520. The molecule has 0 radical (unpaired) electrons. The van der Waals surface area contributed by atoms with Crippen LogP contribution in [0.15, 0.2) is 30.3 Å². The summed E-state index contributed by atoms with van der Waals surface area (Å²) >= 11 is 0. The molecule has 4 aliphatic heterocycles. The van der Waals surface area contributed by atoms with Gasteiger partial charge in [0.2, 0.25) is 0 Å². The van der Waals surface area contributed by atoms with Gasteiger partial charge in [-0.1, -0.05) is 108 Å². The van der Waals surface area contributed by atoms with Gasteiger partial charge in [0.25, 0.3) is 0 Å². The standard InChI is InChI=1S/C50H86O22/c1-3-5-7-9-14-19-50(20-15-10-8-6-4-2,29-16-12-11-13-17-29)21-18-28(26-65-46-42(63)38(59)44(32(24-53)69-46)71-48-40(61)36(57)34(55)30(22-51)67-48)27-66-47-43(64)39(60)45(33(25-54)70-47)72-49-41(62)37(58)35(56)31(23-52)68-49/h11-13,16-17,28,30-49,51-64H,3-10,14-15,18-27H2,1-2H3/t28?,30?,31?,32?,33?,34-,35-,36+,37+,38-,39-,40?,41?,42?,43?,44-,45-,46-,47-,48-,49-/m0/s1. The van der Waals surface area contributed by atoms with E-state index in [9.17, 15) is 71.5 Å². The number of hydrogen-bond donors (Lipinski definition) is 14. The Labute approximate surface area is 421 Å². The van der Waals surface area contributed by atoms with Crippen molar-refractivity contribution in [2.24, 2.45) is 5.92 Å². The fourth-order valence-corrected chi connectivity index (χ4v) is 10.3. The molecule has 0 spiro atoms. The van der Waals surface area contributed by atoms with E-state index in [1.165, 1.54) is 5.56 Å². The predicted molar refractivity (Wildman–Crippen MR) is 252 cm³/mol. The molecule has 72 heavy (non-hydrogen) atoms. The second-order valence-electron chi connectivity index (χ2n) is 20.1. The lowest BCUT2D eigenvalue weighted by atomic mass is 9.68. The third-order valence-corrected chi connectivity index (χ3v) is 14.8. The van der Waals surface area contributed by atoms with Crippen LogP contribution in [0.25, 0.3) is 0 Å². The average molecular weight is 1040 g/mol. The summed E-state index contributed by atoms with van der Waals surface area (Å²) in [5.41, 5.74) is 0.910. The normalized spacial score (nSPS) is 38.2. The summed E-state index contributed by atoms with van der Waals surface area (Å²) in [6.45, 7) is 0.904. The zero-order valence-electron chi connectivity index (χ0n) is 41.7. The van der Waals surface area contributed by atoms with Gasteiger partial charge >= 0.3 is 0 Å². The second-order valence-corrected chi connectivity index (χ2v) is 20.1. The lowest BCUT2D eigenvalue weighted by Crippen LogP contribution is -2.65. The summed E-state index contributed by atoms with van der Waals surface area (Å²) in [5.74, 6) is -0.569. The summed E-state index contributed by atoms with van der Waals surface area (Å²) in [5, 5.41) is 148. The number of unbranched alkanes of at least 4 members (excludes halogenated alkanes) is 8. The van der Waals surface area contributed by atoms with Gasteiger partial charge in [0.1, 0.15) is 97.7 Å². The molecule has 4 fully saturated rings. The van der Waals surface area contributed by atoms with Crippen LogP contribution in [-0.4, -0.2) is 234 Å². The topological polar surface area (TPSA) is 357 Å². The number of aliphatic hydroxyl groups is 14. The molecule has 20 atom stereocenters. The van der Waals surface area contributed by atoms with Crippen molar-refractivity contribution in [1.29, 1.82) is 0 Å². The van der Waals surface area contributed by atoms with E-state index < -0.39 is 155 Å². The number of benzene rings is 1. The van der Waals surface area contributed by atoms with Gasteiger partial charge in [-0.2, -0.15) is 0 Å². The minimum Gasteiger partial charge on any atom is -0.394 e. The molecular formula is C50H86O22. The number of ether oxygens (including phenoxy) is 8. The van der Waals surface area contributed by atoms with Crippen LogP contribution in [-0.2, 0) is 43.3 Å². The molecule has 1 aromatic carbocycles. The lowest BCUT2D eigenvalue weighted by molar-refractivity contribution is -0.363. The maximum atomic E-state index is 11.4. The van der Waals surface area contributed by atoms with Gasteiger partial charge in [0.15, 0.2) is 25.2 Å². The summed E-state index contributed by atoms with van der Waals surface area (Å²) in [6, 6.07) is 10.3. The maximum absolute atomic E-state index is 11.4. The third-order valence-electron chi connectivity index (χ3n) is 14.8. The Kier molecular flexibility index (Phi) is 25.8. The van der Waals surface area contributed by atoms with Crippen molar-refractivity contribution in [2.75, 3.05) is 39.6 Å². The van der Waals surface area contributed by atoms with E-state index in [1.807, 2.05) is 18.2 Å². The molecule has 0 saturated carbocycles. The van der Waals surface area contributed by atoms with Crippen LogP contribution in [0.5, 0.6) is 0 Å². The van der Waals surface area contributed by atoms with Crippen molar-refractivity contribution in [3.63, 3.8) is 0 Å². The fourth-order valence-electron chi connectivity index (χ4n) is 10.3. The van der Waals surface area contributed by atoms with Crippen LogP contribution in [0.1, 0.15) is 109 Å². The molecule has 22 nitrogen and oxygen atoms in total. The van der Waals surface area contributed by atoms with Crippen molar-refractivity contribution in [2.45, 2.75) is 232 Å². The van der Waals surface area contributed by atoms with Gasteiger partial charge in [-0.05, 0) is 36.7 Å². The van der Waals surface area contributed by atoms with E-state index in [4.69, 9.17) is 37.9 Å². The highest BCUT2D eigenvalue weighted by atomic mass is 16.8. The quantitative estimate of drug-likeness (QED) is 0.0383. The van der Waals surface area contributed by atoms with Crippen LogP contribution < -0.4 is 0 Å². The minimum atomic E-state index is -1.85. The first-order valence-electron chi connectivity index (χ1n) is 26.1. The van der Waals surface area contributed by atoms with Crippen LogP contribution in [0.4, 0.5) is 0 Å². The Morgan fingerprint density at radius 3 is 1.19 bits per heavy atom. The SMILES string of the molecule is CCCCCCCC(CCCCCCC)(CCC(CO[C@H]1OC(CO)[C@H](O[C@@H]2OC(CO)[C@H](O)[C@@H](O)C2O)[C@@H](O)C1O)CO[C@H]1OC(CO)[C@H](O[C@@H]2OC(CO)[C@H](O)[C@@H](O)C2O)[C@@H](O)C1O)c1ccccc1. The van der Waals surface area contributed by atoms with Gasteiger partial charge in [0, 0.05) is 5.92 Å². The smallest absolute Gasteiger partial charge is 0.187 e. The number of hydrogen-bond acceptors (Lipinski definition) is 22. The molecule has 8 unspecified atom stereocenters. The molecule has 418 valence electrons. The van der Waals surface area contributed by atoms with Crippen molar-refractivity contribution >= 4 is 0 Å². The Hall–Kier alpha value is -1.66. The Morgan fingerprint density at radius 1 is 0.431 bits per heavy atom. The molecular weight excluding hydrogens is 953 g/mol. The van der Waals surface area contributed by atoms with E-state index in [0.29, 0.717) is 12.8 Å². The predicted octanol–water partition coefficient (Wildman–Crippen LogP) is -1.68. The Morgan fingerprint density at radius 2 is 0.806 bits per heavy atom. The first-order valence-corrected chi connectivity index (χ1v) is 26.1. The molecule has 4 saturated heterocycles. The average Bonchev–Trinajstić information content (AvgIpc) is 3.39. The monoisotopic (exact) mass is 1040 g/mol. The van der Waals surface area contributed by atoms with E-state index in [2.05, 4.69) is 26.0 Å². The Balaban J connectivity index is 1.37. The van der Waals surface area contributed by atoms with Crippen LogP contribution in [0, 0.1) is 5.92 Å². The van der Waals surface area contributed by atoms with Crippen LogP contribution in [0.2, 0.25) is 0 Å². The largest absolute Gasteiger partial charge is 0.394 e. The molecule has 0 bridgehead atoms. The highest BCUT2D eigenvalue weighted by Crippen LogP contribution is 2.42. The van der Waals surface area contributed by atoms with Crippen molar-refractivity contribution in [3.8, 4) is 0 Å². The molecule has 4 heterocycles. The third kappa shape index (κ3) is 15.7. The molecule has 0 aromatic heterocycles. The van der Waals surface area contributed by atoms with Crippen molar-refractivity contribution in [1.82, 2.24) is 0 Å². The van der Waals surface area contributed by atoms with Gasteiger partial charge in [-0.3, -0.25) is 0 Å². The van der Waals surface area contributed by atoms with Crippen molar-refractivity contribution < 1.29 is 109 Å². The summed E-state index contributed by atoms with van der Waals surface area (Å²) < 4.78 is 46.7. The molecule has 5 rings (SSSR count). The fraction of sp³-hybridized carbons (Fsp3) is 0.880. The highest BCUT2D eigenvalue weighted by Gasteiger charge is 2.53. The van der Waals surface area contributed by atoms with E-state index in [0.717, 1.165) is 77.0 Å². The first kappa shape index (κ1) is 61.2. The number of aliphatic hydroxyl groups excluding tert-OH is 14. The molecule has 1 aromatic rings. The molecule has 4 aliphatic rings. The zero-order chi connectivity index (χ0) is 52.5. The highest BCUT2D eigenvalue weighted by molar-refractivity contribution is 5.25. The van der Waals surface area contributed by atoms with E-state index in [-0.39, 0.29) is 18.6 Å². The maximum Gasteiger partial charge on any atom is 0.187 e. The molecule has 14 N–H and O–H groups in total. The minimum absolute atomic E-state index is 0.194. The zero-order valence-corrected chi connectivity index (χ0v) is 41.7.